The molecule has 1 fully saturated rings. The summed E-state index contributed by atoms with van der Waals surface area (Å²) in [6.07, 6.45) is 0. The molecule has 10 heteroatoms. The van der Waals surface area contributed by atoms with E-state index in [0.717, 1.165) is 4.90 Å². The Kier molecular flexibility index (Phi) is 4.95. The number of amides is 3. The second-order valence-corrected chi connectivity index (χ2v) is 6.27. The molecule has 1 saturated heterocycles. The third-order valence-electron chi connectivity index (χ3n) is 4.42. The van der Waals surface area contributed by atoms with Gasteiger partial charge >= 0.3 is 12.6 Å². The Balaban J connectivity index is 1.78. The minimum absolute atomic E-state index is 0.0355. The third kappa shape index (κ3) is 3.61. The van der Waals surface area contributed by atoms with Crippen LogP contribution in [0.4, 0.5) is 19.3 Å². The number of rotatable bonds is 6. The van der Waals surface area contributed by atoms with E-state index in [1.54, 1.807) is 0 Å². The van der Waals surface area contributed by atoms with Crippen LogP contribution in [-0.2, 0) is 16.9 Å². The minimum atomic E-state index is -2.95. The average Bonchev–Trinajstić information content (AvgIpc) is 2.87. The number of hydrogen-bond donors (Lipinski definition) is 1. The third-order valence-corrected chi connectivity index (χ3v) is 4.42. The summed E-state index contributed by atoms with van der Waals surface area (Å²) < 4.78 is 28.7. The summed E-state index contributed by atoms with van der Waals surface area (Å²) >= 11 is 0. The number of ether oxygens (including phenoxy) is 1. The zero-order valence-electron chi connectivity index (χ0n) is 14.6. The van der Waals surface area contributed by atoms with Crippen molar-refractivity contribution < 1.29 is 28.0 Å². The van der Waals surface area contributed by atoms with Gasteiger partial charge in [0.25, 0.3) is 11.6 Å². The fourth-order valence-electron chi connectivity index (χ4n) is 2.91. The standard InChI is InChI=1S/C18H15F2N3O5/c1-18(12-4-6-13(7-5-12)23(26)27)15(24)22(17(25)21-18)10-11-2-8-14(9-3-11)28-16(19)20/h2-9,16H,10H2,1H3,(H,21,25). The molecule has 0 aromatic heterocycles. The van der Waals surface area contributed by atoms with E-state index in [2.05, 4.69) is 10.1 Å². The highest BCUT2D eigenvalue weighted by Crippen LogP contribution is 2.31. The van der Waals surface area contributed by atoms with Crippen LogP contribution in [0.2, 0.25) is 0 Å². The molecule has 3 amide bonds. The monoisotopic (exact) mass is 391 g/mol. The zero-order valence-corrected chi connectivity index (χ0v) is 14.6. The molecule has 8 nitrogen and oxygen atoms in total. The van der Waals surface area contributed by atoms with Crippen molar-refractivity contribution in [1.29, 1.82) is 0 Å². The molecule has 3 rings (SSSR count). The highest BCUT2D eigenvalue weighted by atomic mass is 19.3. The Labute approximate surface area is 157 Å². The lowest BCUT2D eigenvalue weighted by atomic mass is 9.92. The van der Waals surface area contributed by atoms with Crippen LogP contribution in [-0.4, -0.2) is 28.4 Å². The Morgan fingerprint density at radius 3 is 2.29 bits per heavy atom. The first-order valence-corrected chi connectivity index (χ1v) is 8.13. The van der Waals surface area contributed by atoms with E-state index in [0.29, 0.717) is 11.1 Å². The lowest BCUT2D eigenvalue weighted by Gasteiger charge is -2.22. The Hall–Kier alpha value is -3.56. The molecule has 1 N–H and O–H groups in total. The molecular formula is C18H15F2N3O5. The predicted molar refractivity (Wildman–Crippen MR) is 92.6 cm³/mol. The number of hydrogen-bond acceptors (Lipinski definition) is 5. The number of nitro groups is 1. The van der Waals surface area contributed by atoms with Crippen molar-refractivity contribution in [2.24, 2.45) is 0 Å². The van der Waals surface area contributed by atoms with Crippen molar-refractivity contribution in [2.45, 2.75) is 25.6 Å². The number of benzene rings is 2. The average molecular weight is 391 g/mol. The number of nitrogens with one attached hydrogen (secondary N) is 1. The molecule has 1 atom stereocenters. The minimum Gasteiger partial charge on any atom is -0.435 e. The Morgan fingerprint density at radius 2 is 1.75 bits per heavy atom. The molecule has 0 saturated carbocycles. The van der Waals surface area contributed by atoms with Crippen LogP contribution in [0.1, 0.15) is 18.1 Å². The molecule has 2 aromatic carbocycles. The van der Waals surface area contributed by atoms with Gasteiger partial charge in [-0.25, -0.2) is 4.79 Å². The van der Waals surface area contributed by atoms with Gasteiger partial charge < -0.3 is 10.1 Å². The van der Waals surface area contributed by atoms with Gasteiger partial charge in [-0.15, -0.1) is 0 Å². The van der Waals surface area contributed by atoms with Gasteiger partial charge in [0, 0.05) is 12.1 Å². The molecule has 2 aromatic rings. The fourth-order valence-corrected chi connectivity index (χ4v) is 2.91. The van der Waals surface area contributed by atoms with Gasteiger partial charge in [0.1, 0.15) is 11.3 Å². The van der Waals surface area contributed by atoms with Crippen molar-refractivity contribution in [1.82, 2.24) is 10.2 Å². The maximum absolute atomic E-state index is 12.9. The Bertz CT molecular complexity index is 918. The van der Waals surface area contributed by atoms with Crippen LogP contribution in [0, 0.1) is 10.1 Å². The van der Waals surface area contributed by atoms with Crippen molar-refractivity contribution >= 4 is 17.6 Å². The molecule has 1 unspecified atom stereocenters. The van der Waals surface area contributed by atoms with Crippen molar-refractivity contribution in [3.63, 3.8) is 0 Å². The van der Waals surface area contributed by atoms with E-state index in [1.165, 1.54) is 55.5 Å². The summed E-state index contributed by atoms with van der Waals surface area (Å²) in [7, 11) is 0. The van der Waals surface area contributed by atoms with E-state index in [4.69, 9.17) is 0 Å². The van der Waals surface area contributed by atoms with E-state index >= 15 is 0 Å². The van der Waals surface area contributed by atoms with Gasteiger partial charge in [0.15, 0.2) is 0 Å². The van der Waals surface area contributed by atoms with Crippen LogP contribution in [0.15, 0.2) is 48.5 Å². The summed E-state index contributed by atoms with van der Waals surface area (Å²) in [4.78, 5) is 36.4. The van der Waals surface area contributed by atoms with Crippen molar-refractivity contribution in [3.8, 4) is 5.75 Å². The van der Waals surface area contributed by atoms with Crippen LogP contribution < -0.4 is 10.1 Å². The molecule has 0 radical (unpaired) electrons. The number of carbonyl (C=O) groups is 2. The molecule has 0 aliphatic carbocycles. The van der Waals surface area contributed by atoms with E-state index in [9.17, 15) is 28.5 Å². The number of imide groups is 1. The molecule has 1 aliphatic heterocycles. The predicted octanol–water partition coefficient (Wildman–Crippen LogP) is 3.16. The molecule has 1 aliphatic rings. The van der Waals surface area contributed by atoms with E-state index in [-0.39, 0.29) is 18.0 Å². The summed E-state index contributed by atoms with van der Waals surface area (Å²) in [5.41, 5.74) is -0.560. The van der Waals surface area contributed by atoms with Crippen LogP contribution in [0.3, 0.4) is 0 Å². The number of halogens is 2. The van der Waals surface area contributed by atoms with Crippen molar-refractivity contribution in [3.05, 3.63) is 69.8 Å². The van der Waals surface area contributed by atoms with Crippen molar-refractivity contribution in [2.75, 3.05) is 0 Å². The van der Waals surface area contributed by atoms with Crippen LogP contribution in [0.25, 0.3) is 0 Å². The van der Waals surface area contributed by atoms with Gasteiger partial charge in [0.2, 0.25) is 0 Å². The summed E-state index contributed by atoms with van der Waals surface area (Å²) in [5, 5.41) is 13.4. The van der Waals surface area contributed by atoms with Gasteiger partial charge in [-0.2, -0.15) is 8.78 Å². The number of urea groups is 1. The first-order chi connectivity index (χ1) is 13.2. The highest BCUT2D eigenvalue weighted by Gasteiger charge is 2.48. The fraction of sp³-hybridized carbons (Fsp3) is 0.222. The lowest BCUT2D eigenvalue weighted by molar-refractivity contribution is -0.384. The summed E-state index contributed by atoms with van der Waals surface area (Å²) in [6.45, 7) is -1.50. The number of nitrogens with zero attached hydrogens (tertiary/aromatic N) is 2. The van der Waals surface area contributed by atoms with E-state index in [1.807, 2.05) is 0 Å². The quantitative estimate of drug-likeness (QED) is 0.463. The highest BCUT2D eigenvalue weighted by molar-refractivity contribution is 6.07. The summed E-state index contributed by atoms with van der Waals surface area (Å²) in [5.74, 6) is -0.564. The summed E-state index contributed by atoms with van der Waals surface area (Å²) in [6, 6.07) is 10.3. The second-order valence-electron chi connectivity index (χ2n) is 6.27. The smallest absolute Gasteiger partial charge is 0.387 e. The van der Waals surface area contributed by atoms with Gasteiger partial charge in [-0.3, -0.25) is 19.8 Å². The molecule has 0 spiro atoms. The number of nitro benzene ring substituents is 1. The molecule has 0 bridgehead atoms. The maximum atomic E-state index is 12.9. The van der Waals surface area contributed by atoms with Crippen LogP contribution in [0.5, 0.6) is 5.75 Å². The molecular weight excluding hydrogens is 376 g/mol. The Morgan fingerprint density at radius 1 is 1.14 bits per heavy atom. The van der Waals surface area contributed by atoms with Gasteiger partial charge in [0.05, 0.1) is 11.5 Å². The van der Waals surface area contributed by atoms with Gasteiger partial charge in [-0.1, -0.05) is 12.1 Å². The van der Waals surface area contributed by atoms with Crippen LogP contribution >= 0.6 is 0 Å². The second kappa shape index (κ2) is 7.22. The molecule has 28 heavy (non-hydrogen) atoms. The molecule has 1 heterocycles. The number of carbonyl (C=O) groups excluding carboxylic acids is 2. The number of alkyl halides is 2. The lowest BCUT2D eigenvalue weighted by Crippen LogP contribution is -2.40. The van der Waals surface area contributed by atoms with E-state index < -0.39 is 29.0 Å². The normalized spacial score (nSPS) is 19.1. The SMILES string of the molecule is CC1(c2ccc([N+](=O)[O-])cc2)NC(=O)N(Cc2ccc(OC(F)F)cc2)C1=O. The first-order valence-electron chi connectivity index (χ1n) is 8.13. The molecule has 146 valence electrons. The zero-order chi connectivity index (χ0) is 20.5. The van der Waals surface area contributed by atoms with Gasteiger partial charge in [-0.05, 0) is 42.3 Å². The maximum Gasteiger partial charge on any atom is 0.387 e. The topological polar surface area (TPSA) is 102 Å². The largest absolute Gasteiger partial charge is 0.435 e. The first kappa shape index (κ1) is 19.2. The number of non-ortho nitro benzene ring substituents is 1.